The molecule has 0 spiro atoms. The van der Waals surface area contributed by atoms with Gasteiger partial charge in [0.1, 0.15) is 5.75 Å². The molecule has 2 heterocycles. The summed E-state index contributed by atoms with van der Waals surface area (Å²) in [5.74, 6) is 0.999. The second kappa shape index (κ2) is 6.76. The largest absolute Gasteiger partial charge is 0.439 e. The van der Waals surface area contributed by atoms with Gasteiger partial charge in [-0.25, -0.2) is 4.98 Å². The van der Waals surface area contributed by atoms with E-state index in [1.807, 2.05) is 26.8 Å². The summed E-state index contributed by atoms with van der Waals surface area (Å²) in [6.07, 6.45) is 1.64. The van der Waals surface area contributed by atoms with Gasteiger partial charge in [-0.3, -0.25) is 10.1 Å². The van der Waals surface area contributed by atoms with Gasteiger partial charge in [0.25, 0.3) is 5.91 Å². The Labute approximate surface area is 145 Å². The lowest BCUT2D eigenvalue weighted by molar-refractivity contribution is 0.102. The number of aromatic nitrogens is 2. The maximum Gasteiger partial charge on any atom is 0.258 e. The molecule has 1 amide bonds. The molecule has 6 heteroatoms. The summed E-state index contributed by atoms with van der Waals surface area (Å²) in [5.41, 5.74) is 1.07. The van der Waals surface area contributed by atoms with Crippen molar-refractivity contribution in [1.29, 1.82) is 0 Å². The summed E-state index contributed by atoms with van der Waals surface area (Å²) in [7, 11) is 0. The third-order valence-corrected chi connectivity index (χ3v) is 3.47. The molecule has 0 unspecified atom stereocenters. The Morgan fingerprint density at radius 2 is 1.96 bits per heavy atom. The molecule has 128 valence electrons. The van der Waals surface area contributed by atoms with Crippen LogP contribution in [0.1, 0.15) is 36.8 Å². The molecule has 3 rings (SSSR count). The van der Waals surface area contributed by atoms with Crippen molar-refractivity contribution in [2.45, 2.75) is 26.2 Å². The average Bonchev–Trinajstić information content (AvgIpc) is 3.05. The van der Waals surface area contributed by atoms with Crippen molar-refractivity contribution >= 4 is 11.8 Å². The zero-order valence-electron chi connectivity index (χ0n) is 14.3. The highest BCUT2D eigenvalue weighted by Gasteiger charge is 2.20. The molecule has 1 aromatic carbocycles. The minimum absolute atomic E-state index is 0.150. The lowest BCUT2D eigenvalue weighted by Gasteiger charge is -2.12. The van der Waals surface area contributed by atoms with Crippen LogP contribution < -0.4 is 10.1 Å². The molecule has 0 aliphatic carbocycles. The van der Waals surface area contributed by atoms with Crippen LogP contribution in [0.5, 0.6) is 11.6 Å². The van der Waals surface area contributed by atoms with Crippen LogP contribution in [0.25, 0.3) is 0 Å². The zero-order chi connectivity index (χ0) is 17.9. The SMILES string of the molecule is CC(C)(C)c1cc(NC(=O)c2cccc(Oc3ccccn3)c2)on1. The first kappa shape index (κ1) is 16.7. The molecular formula is C19H19N3O3. The van der Waals surface area contributed by atoms with Gasteiger partial charge in [0, 0.05) is 29.3 Å². The molecular weight excluding hydrogens is 318 g/mol. The van der Waals surface area contributed by atoms with Gasteiger partial charge < -0.3 is 9.26 Å². The summed E-state index contributed by atoms with van der Waals surface area (Å²) in [4.78, 5) is 16.5. The number of amides is 1. The van der Waals surface area contributed by atoms with E-state index in [-0.39, 0.29) is 11.3 Å². The maximum absolute atomic E-state index is 12.4. The van der Waals surface area contributed by atoms with Gasteiger partial charge in [-0.15, -0.1) is 0 Å². The van der Waals surface area contributed by atoms with Gasteiger partial charge >= 0.3 is 0 Å². The standard InChI is InChI=1S/C19H19N3O3/c1-19(2,3)15-12-17(25-22-15)21-18(23)13-7-6-8-14(11-13)24-16-9-4-5-10-20-16/h4-12H,1-3H3,(H,21,23). The molecule has 0 fully saturated rings. The Kier molecular flexibility index (Phi) is 4.52. The van der Waals surface area contributed by atoms with E-state index >= 15 is 0 Å². The molecule has 0 atom stereocenters. The third-order valence-electron chi connectivity index (χ3n) is 3.47. The van der Waals surface area contributed by atoms with Crippen LogP contribution in [0.4, 0.5) is 5.88 Å². The Morgan fingerprint density at radius 3 is 2.64 bits per heavy atom. The second-order valence-corrected chi connectivity index (χ2v) is 6.58. The lowest BCUT2D eigenvalue weighted by atomic mass is 9.92. The number of rotatable bonds is 4. The number of benzene rings is 1. The predicted octanol–water partition coefficient (Wildman–Crippen LogP) is 4.41. The monoisotopic (exact) mass is 337 g/mol. The quantitative estimate of drug-likeness (QED) is 0.763. The van der Waals surface area contributed by atoms with E-state index in [2.05, 4.69) is 15.5 Å². The molecule has 0 bridgehead atoms. The number of carbonyl (C=O) groups excluding carboxylic acids is 1. The van der Waals surface area contributed by atoms with Crippen molar-refractivity contribution in [2.75, 3.05) is 5.32 Å². The number of anilines is 1. The smallest absolute Gasteiger partial charge is 0.258 e. The van der Waals surface area contributed by atoms with Gasteiger partial charge in [-0.2, -0.15) is 0 Å². The van der Waals surface area contributed by atoms with Crippen LogP contribution in [0.15, 0.2) is 59.3 Å². The summed E-state index contributed by atoms with van der Waals surface area (Å²) in [6.45, 7) is 6.07. The number of pyridine rings is 1. The molecule has 25 heavy (non-hydrogen) atoms. The molecule has 0 saturated heterocycles. The molecule has 6 nitrogen and oxygen atoms in total. The fraction of sp³-hybridized carbons (Fsp3) is 0.211. The van der Waals surface area contributed by atoms with Crippen molar-refractivity contribution in [2.24, 2.45) is 0 Å². The van der Waals surface area contributed by atoms with E-state index in [0.29, 0.717) is 23.1 Å². The number of nitrogens with one attached hydrogen (secondary N) is 1. The van der Waals surface area contributed by atoms with Gasteiger partial charge in [-0.05, 0) is 24.3 Å². The van der Waals surface area contributed by atoms with Crippen LogP contribution in [0, 0.1) is 0 Å². The lowest BCUT2D eigenvalue weighted by Crippen LogP contribution is -2.12. The number of ether oxygens (including phenoxy) is 1. The predicted molar refractivity (Wildman–Crippen MR) is 93.9 cm³/mol. The van der Waals surface area contributed by atoms with Gasteiger partial charge in [0.2, 0.25) is 11.8 Å². The minimum Gasteiger partial charge on any atom is -0.439 e. The summed E-state index contributed by atoms with van der Waals surface area (Å²) < 4.78 is 10.8. The van der Waals surface area contributed by atoms with Crippen molar-refractivity contribution in [3.8, 4) is 11.6 Å². The Hall–Kier alpha value is -3.15. The van der Waals surface area contributed by atoms with Crippen LogP contribution in [-0.4, -0.2) is 16.0 Å². The minimum atomic E-state index is -0.303. The maximum atomic E-state index is 12.4. The molecule has 0 aliphatic rings. The van der Waals surface area contributed by atoms with E-state index in [1.54, 1.807) is 48.7 Å². The highest BCUT2D eigenvalue weighted by Crippen LogP contribution is 2.24. The molecule has 3 aromatic rings. The van der Waals surface area contributed by atoms with Crippen LogP contribution in [-0.2, 0) is 5.41 Å². The number of hydrogen-bond donors (Lipinski definition) is 1. The molecule has 1 N–H and O–H groups in total. The average molecular weight is 337 g/mol. The topological polar surface area (TPSA) is 77.2 Å². The number of nitrogens with zero attached hydrogens (tertiary/aromatic N) is 2. The van der Waals surface area contributed by atoms with E-state index < -0.39 is 0 Å². The fourth-order valence-electron chi connectivity index (χ4n) is 2.10. The number of hydrogen-bond acceptors (Lipinski definition) is 5. The first-order valence-corrected chi connectivity index (χ1v) is 7.89. The Morgan fingerprint density at radius 1 is 1.12 bits per heavy atom. The molecule has 0 radical (unpaired) electrons. The van der Waals surface area contributed by atoms with E-state index in [1.165, 1.54) is 0 Å². The van der Waals surface area contributed by atoms with E-state index in [9.17, 15) is 4.79 Å². The Balaban J connectivity index is 1.72. The third kappa shape index (κ3) is 4.23. The van der Waals surface area contributed by atoms with Gasteiger partial charge in [0.15, 0.2) is 0 Å². The summed E-state index contributed by atoms with van der Waals surface area (Å²) >= 11 is 0. The van der Waals surface area contributed by atoms with Crippen LogP contribution >= 0.6 is 0 Å². The fourth-order valence-corrected chi connectivity index (χ4v) is 2.10. The summed E-state index contributed by atoms with van der Waals surface area (Å²) in [6, 6.07) is 14.0. The van der Waals surface area contributed by atoms with E-state index in [4.69, 9.17) is 9.26 Å². The highest BCUT2D eigenvalue weighted by molar-refractivity contribution is 6.03. The van der Waals surface area contributed by atoms with Gasteiger partial charge in [-0.1, -0.05) is 38.1 Å². The first-order valence-electron chi connectivity index (χ1n) is 7.89. The normalized spacial score (nSPS) is 11.2. The van der Waals surface area contributed by atoms with Crippen molar-refractivity contribution in [3.05, 3.63) is 66.0 Å². The molecule has 2 aromatic heterocycles. The first-order chi connectivity index (χ1) is 11.9. The Bertz CT molecular complexity index is 867. The van der Waals surface area contributed by atoms with Crippen molar-refractivity contribution in [1.82, 2.24) is 10.1 Å². The van der Waals surface area contributed by atoms with E-state index in [0.717, 1.165) is 5.69 Å². The second-order valence-electron chi connectivity index (χ2n) is 6.58. The highest BCUT2D eigenvalue weighted by atomic mass is 16.5. The van der Waals surface area contributed by atoms with Crippen LogP contribution in [0.3, 0.4) is 0 Å². The van der Waals surface area contributed by atoms with Crippen LogP contribution in [0.2, 0.25) is 0 Å². The summed E-state index contributed by atoms with van der Waals surface area (Å²) in [5, 5.41) is 6.69. The molecule has 0 saturated carbocycles. The van der Waals surface area contributed by atoms with Crippen molar-refractivity contribution in [3.63, 3.8) is 0 Å². The van der Waals surface area contributed by atoms with Gasteiger partial charge in [0.05, 0.1) is 5.69 Å². The zero-order valence-corrected chi connectivity index (χ0v) is 14.3. The van der Waals surface area contributed by atoms with Crippen molar-refractivity contribution < 1.29 is 14.1 Å². The number of carbonyl (C=O) groups is 1. The molecule has 0 aliphatic heterocycles.